The summed E-state index contributed by atoms with van der Waals surface area (Å²) in [6, 6.07) is 6.03. The van der Waals surface area contributed by atoms with Crippen molar-refractivity contribution in [1.29, 1.82) is 0 Å². The number of nitrogens with one attached hydrogen (secondary N) is 2. The summed E-state index contributed by atoms with van der Waals surface area (Å²) in [4.78, 5) is 6.76. The van der Waals surface area contributed by atoms with Gasteiger partial charge in [-0.2, -0.15) is 0 Å². The average Bonchev–Trinajstić information content (AvgIpc) is 2.48. The molecule has 0 unspecified atom stereocenters. The third kappa shape index (κ3) is 6.10. The van der Waals surface area contributed by atoms with Gasteiger partial charge in [0.25, 0.3) is 0 Å². The van der Waals surface area contributed by atoms with E-state index in [9.17, 15) is 0 Å². The van der Waals surface area contributed by atoms with Gasteiger partial charge in [-0.15, -0.1) is 0 Å². The molecule has 1 saturated heterocycles. The number of hydrogen-bond acceptors (Lipinski definition) is 4. The summed E-state index contributed by atoms with van der Waals surface area (Å²) >= 11 is 0. The van der Waals surface area contributed by atoms with Crippen LogP contribution in [0.25, 0.3) is 0 Å². The van der Waals surface area contributed by atoms with Crippen LogP contribution in [0.15, 0.2) is 24.4 Å². The maximum atomic E-state index is 4.28. The van der Waals surface area contributed by atoms with E-state index in [2.05, 4.69) is 26.6 Å². The highest BCUT2D eigenvalue weighted by Gasteiger charge is 2.07. The molecular weight excluding hydrogens is 224 g/mol. The minimum absolute atomic E-state index is 0.868. The van der Waals surface area contributed by atoms with Crippen molar-refractivity contribution in [3.8, 4) is 0 Å². The molecule has 1 aliphatic heterocycles. The van der Waals surface area contributed by atoms with Crippen molar-refractivity contribution in [2.75, 3.05) is 39.3 Å². The summed E-state index contributed by atoms with van der Waals surface area (Å²) in [7, 11) is 0. The summed E-state index contributed by atoms with van der Waals surface area (Å²) in [5.41, 5.74) is 1.11. The standard InChI is InChI=1S/C12H20N4.C2H6/c1-2-4-15-12(3-1)11-14-7-10-16-8-5-13-6-9-16;1-2/h1-4,13-14H,5-11H2;1-2H3. The number of hydrogen-bond donors (Lipinski definition) is 2. The van der Waals surface area contributed by atoms with Crippen molar-refractivity contribution >= 4 is 0 Å². The molecule has 1 aromatic rings. The first-order valence-corrected chi connectivity index (χ1v) is 6.99. The molecule has 1 aliphatic rings. The Bertz CT molecular complexity index is 283. The molecule has 0 saturated carbocycles. The lowest BCUT2D eigenvalue weighted by molar-refractivity contribution is 0.241. The first-order valence-electron chi connectivity index (χ1n) is 6.99. The fraction of sp³-hybridized carbons (Fsp3) is 0.643. The lowest BCUT2D eigenvalue weighted by atomic mass is 10.3. The second-order valence-corrected chi connectivity index (χ2v) is 4.09. The Labute approximate surface area is 111 Å². The van der Waals surface area contributed by atoms with Crippen molar-refractivity contribution in [2.45, 2.75) is 20.4 Å². The number of pyridine rings is 1. The second-order valence-electron chi connectivity index (χ2n) is 4.09. The summed E-state index contributed by atoms with van der Waals surface area (Å²) in [6.07, 6.45) is 1.84. The zero-order valence-corrected chi connectivity index (χ0v) is 11.7. The summed E-state index contributed by atoms with van der Waals surface area (Å²) in [5.74, 6) is 0. The van der Waals surface area contributed by atoms with E-state index < -0.39 is 0 Å². The topological polar surface area (TPSA) is 40.2 Å². The lowest BCUT2D eigenvalue weighted by Crippen LogP contribution is -2.45. The van der Waals surface area contributed by atoms with Crippen LogP contribution in [0.5, 0.6) is 0 Å². The van der Waals surface area contributed by atoms with Gasteiger partial charge in [0.2, 0.25) is 0 Å². The van der Waals surface area contributed by atoms with Gasteiger partial charge in [-0.05, 0) is 12.1 Å². The third-order valence-electron chi connectivity index (χ3n) is 2.85. The van der Waals surface area contributed by atoms with Crippen molar-refractivity contribution in [3.63, 3.8) is 0 Å². The molecule has 102 valence electrons. The van der Waals surface area contributed by atoms with Crippen LogP contribution in [0.2, 0.25) is 0 Å². The highest BCUT2D eigenvalue weighted by atomic mass is 15.2. The van der Waals surface area contributed by atoms with Crippen LogP contribution in [0, 0.1) is 0 Å². The normalized spacial score (nSPS) is 15.9. The Kier molecular flexibility index (Phi) is 8.38. The first kappa shape index (κ1) is 15.1. The predicted octanol–water partition coefficient (Wildman–Crippen LogP) is 1.10. The van der Waals surface area contributed by atoms with E-state index in [1.807, 2.05) is 32.2 Å². The van der Waals surface area contributed by atoms with E-state index >= 15 is 0 Å². The molecule has 2 N–H and O–H groups in total. The molecule has 1 fully saturated rings. The molecule has 2 rings (SSSR count). The van der Waals surface area contributed by atoms with Crippen LogP contribution in [-0.2, 0) is 6.54 Å². The monoisotopic (exact) mass is 250 g/mol. The fourth-order valence-corrected chi connectivity index (χ4v) is 1.89. The maximum Gasteiger partial charge on any atom is 0.0541 e. The van der Waals surface area contributed by atoms with E-state index in [0.29, 0.717) is 0 Å². The SMILES string of the molecule is CC.c1ccc(CNCCN2CCNCC2)nc1. The van der Waals surface area contributed by atoms with E-state index in [1.165, 1.54) is 13.1 Å². The van der Waals surface area contributed by atoms with Crippen LogP contribution in [-0.4, -0.2) is 49.2 Å². The minimum Gasteiger partial charge on any atom is -0.314 e. The Hall–Kier alpha value is -0.970. The summed E-state index contributed by atoms with van der Waals surface area (Å²) in [6.45, 7) is 11.6. The van der Waals surface area contributed by atoms with Gasteiger partial charge in [-0.3, -0.25) is 9.88 Å². The molecule has 0 radical (unpaired) electrons. The number of nitrogens with zero attached hydrogens (tertiary/aromatic N) is 2. The molecule has 18 heavy (non-hydrogen) atoms. The third-order valence-corrected chi connectivity index (χ3v) is 2.85. The van der Waals surface area contributed by atoms with Gasteiger partial charge in [-0.25, -0.2) is 0 Å². The highest BCUT2D eigenvalue weighted by Crippen LogP contribution is 1.93. The molecule has 0 spiro atoms. The number of piperazine rings is 1. The van der Waals surface area contributed by atoms with Gasteiger partial charge in [-0.1, -0.05) is 19.9 Å². The van der Waals surface area contributed by atoms with Crippen molar-refractivity contribution in [1.82, 2.24) is 20.5 Å². The zero-order chi connectivity index (χ0) is 13.1. The van der Waals surface area contributed by atoms with Gasteiger partial charge < -0.3 is 10.6 Å². The quantitative estimate of drug-likeness (QED) is 0.768. The molecule has 1 aromatic heterocycles. The molecule has 4 heteroatoms. The smallest absolute Gasteiger partial charge is 0.0541 e. The molecule has 0 aliphatic carbocycles. The Morgan fingerprint density at radius 2 is 2.06 bits per heavy atom. The van der Waals surface area contributed by atoms with Crippen molar-refractivity contribution < 1.29 is 0 Å². The van der Waals surface area contributed by atoms with E-state index in [0.717, 1.165) is 38.4 Å². The fourth-order valence-electron chi connectivity index (χ4n) is 1.89. The summed E-state index contributed by atoms with van der Waals surface area (Å²) < 4.78 is 0. The van der Waals surface area contributed by atoms with Gasteiger partial charge in [0, 0.05) is 52.0 Å². The van der Waals surface area contributed by atoms with Crippen molar-refractivity contribution in [2.24, 2.45) is 0 Å². The molecule has 0 bridgehead atoms. The molecule has 4 nitrogen and oxygen atoms in total. The highest BCUT2D eigenvalue weighted by molar-refractivity contribution is 5.02. The average molecular weight is 250 g/mol. The second kappa shape index (κ2) is 10.00. The van der Waals surface area contributed by atoms with Crippen LogP contribution in [0.1, 0.15) is 19.5 Å². The Morgan fingerprint density at radius 3 is 2.72 bits per heavy atom. The first-order chi connectivity index (χ1) is 8.95. The molecular formula is C14H26N4. The van der Waals surface area contributed by atoms with Crippen molar-refractivity contribution in [3.05, 3.63) is 30.1 Å². The van der Waals surface area contributed by atoms with Crippen LogP contribution < -0.4 is 10.6 Å². The van der Waals surface area contributed by atoms with Crippen LogP contribution in [0.4, 0.5) is 0 Å². The Morgan fingerprint density at radius 1 is 1.28 bits per heavy atom. The maximum absolute atomic E-state index is 4.28. The zero-order valence-electron chi connectivity index (χ0n) is 11.7. The molecule has 0 amide bonds. The van der Waals surface area contributed by atoms with E-state index in [-0.39, 0.29) is 0 Å². The van der Waals surface area contributed by atoms with Crippen LogP contribution >= 0.6 is 0 Å². The minimum atomic E-state index is 0.868. The van der Waals surface area contributed by atoms with Gasteiger partial charge >= 0.3 is 0 Å². The Balaban J connectivity index is 0.000000771. The molecule has 0 aromatic carbocycles. The van der Waals surface area contributed by atoms with E-state index in [4.69, 9.17) is 0 Å². The number of aromatic nitrogens is 1. The van der Waals surface area contributed by atoms with Gasteiger partial charge in [0.15, 0.2) is 0 Å². The largest absolute Gasteiger partial charge is 0.314 e. The number of rotatable bonds is 5. The van der Waals surface area contributed by atoms with Crippen LogP contribution in [0.3, 0.4) is 0 Å². The van der Waals surface area contributed by atoms with Gasteiger partial charge in [0.1, 0.15) is 0 Å². The van der Waals surface area contributed by atoms with Gasteiger partial charge in [0.05, 0.1) is 5.69 Å². The predicted molar refractivity (Wildman–Crippen MR) is 76.6 cm³/mol. The van der Waals surface area contributed by atoms with E-state index in [1.54, 1.807) is 0 Å². The molecule has 2 heterocycles. The lowest BCUT2D eigenvalue weighted by Gasteiger charge is -2.27. The molecule has 0 atom stereocenters. The summed E-state index contributed by atoms with van der Waals surface area (Å²) in [5, 5.41) is 6.78.